The molecule has 0 saturated heterocycles. The van der Waals surface area contributed by atoms with Gasteiger partial charge in [0.1, 0.15) is 17.4 Å². The van der Waals surface area contributed by atoms with E-state index in [1.54, 1.807) is 36.4 Å². The van der Waals surface area contributed by atoms with Gasteiger partial charge in [0.2, 0.25) is 5.88 Å². The van der Waals surface area contributed by atoms with E-state index in [2.05, 4.69) is 4.98 Å². The molecule has 1 aromatic heterocycles. The maximum Gasteiger partial charge on any atom is 0.256 e. The van der Waals surface area contributed by atoms with Crippen molar-refractivity contribution in [3.63, 3.8) is 0 Å². The number of para-hydroxylation sites is 1. The number of benzene rings is 2. The zero-order valence-corrected chi connectivity index (χ0v) is 14.7. The van der Waals surface area contributed by atoms with E-state index in [1.807, 2.05) is 12.1 Å². The third-order valence-electron chi connectivity index (χ3n) is 4.37. The number of nitriles is 1. The van der Waals surface area contributed by atoms with Gasteiger partial charge in [-0.3, -0.25) is 4.79 Å². The van der Waals surface area contributed by atoms with Crippen LogP contribution in [0.4, 0.5) is 0 Å². The van der Waals surface area contributed by atoms with Crippen molar-refractivity contribution >= 4 is 34.1 Å². The van der Waals surface area contributed by atoms with Crippen LogP contribution in [0.3, 0.4) is 0 Å². The highest BCUT2D eigenvalue weighted by molar-refractivity contribution is 6.36. The molecule has 26 heavy (non-hydrogen) atoms. The van der Waals surface area contributed by atoms with Crippen molar-refractivity contribution in [2.24, 2.45) is 5.73 Å². The second kappa shape index (κ2) is 6.10. The van der Waals surface area contributed by atoms with Crippen molar-refractivity contribution in [2.45, 2.75) is 5.92 Å². The van der Waals surface area contributed by atoms with Gasteiger partial charge in [-0.25, -0.2) is 0 Å². The first kappa shape index (κ1) is 16.5. The van der Waals surface area contributed by atoms with Crippen LogP contribution < -0.4 is 16.0 Å². The molecule has 0 aliphatic carbocycles. The van der Waals surface area contributed by atoms with Crippen LogP contribution in [0.15, 0.2) is 58.7 Å². The maximum absolute atomic E-state index is 12.9. The number of H-pyrrole nitrogens is 1. The highest BCUT2D eigenvalue weighted by Gasteiger charge is 2.36. The average molecular weight is 384 g/mol. The lowest BCUT2D eigenvalue weighted by Crippen LogP contribution is -2.28. The molecule has 1 atom stereocenters. The Bertz CT molecular complexity index is 1170. The fourth-order valence-corrected chi connectivity index (χ4v) is 3.86. The van der Waals surface area contributed by atoms with Crippen LogP contribution in [-0.2, 0) is 0 Å². The van der Waals surface area contributed by atoms with Gasteiger partial charge in [0, 0.05) is 21.0 Å². The number of ether oxygens (including phenoxy) is 1. The molecule has 0 fully saturated rings. The molecule has 2 heterocycles. The SMILES string of the molecule is N#CC1=C(N)Oc2c(c(=O)[nH]c3ccccc23)[C@@H]1c1c(Cl)cccc1Cl. The summed E-state index contributed by atoms with van der Waals surface area (Å²) in [5.74, 6) is -0.586. The molecule has 1 aliphatic heterocycles. The Balaban J connectivity index is 2.15. The third-order valence-corrected chi connectivity index (χ3v) is 5.03. The lowest BCUT2D eigenvalue weighted by atomic mass is 9.83. The van der Waals surface area contributed by atoms with Gasteiger partial charge in [-0.1, -0.05) is 41.4 Å². The lowest BCUT2D eigenvalue weighted by molar-refractivity contribution is 0.397. The summed E-state index contributed by atoms with van der Waals surface area (Å²) >= 11 is 12.7. The number of halogens is 2. The normalized spacial score (nSPS) is 16.1. The molecule has 4 rings (SSSR count). The monoisotopic (exact) mass is 383 g/mol. The Kier molecular flexibility index (Phi) is 3.87. The summed E-state index contributed by atoms with van der Waals surface area (Å²) in [4.78, 5) is 15.7. The highest BCUT2D eigenvalue weighted by atomic mass is 35.5. The van der Waals surface area contributed by atoms with Gasteiger partial charge in [0.15, 0.2) is 0 Å². The van der Waals surface area contributed by atoms with Gasteiger partial charge >= 0.3 is 0 Å². The molecule has 3 aromatic rings. The summed E-state index contributed by atoms with van der Waals surface area (Å²) in [6.45, 7) is 0. The predicted molar refractivity (Wildman–Crippen MR) is 100 cm³/mol. The number of hydrogen-bond donors (Lipinski definition) is 2. The molecular formula is C19H11Cl2N3O2. The minimum Gasteiger partial charge on any atom is -0.439 e. The van der Waals surface area contributed by atoms with E-state index in [1.165, 1.54) is 0 Å². The number of nitrogens with zero attached hydrogens (tertiary/aromatic N) is 1. The maximum atomic E-state index is 12.9. The van der Waals surface area contributed by atoms with Gasteiger partial charge in [-0.05, 0) is 24.3 Å². The molecule has 0 radical (unpaired) electrons. The van der Waals surface area contributed by atoms with Crippen molar-refractivity contribution in [1.29, 1.82) is 5.26 Å². The van der Waals surface area contributed by atoms with E-state index in [-0.39, 0.29) is 22.6 Å². The second-order valence-electron chi connectivity index (χ2n) is 5.80. The molecule has 0 saturated carbocycles. The molecule has 0 spiro atoms. The van der Waals surface area contributed by atoms with Crippen LogP contribution in [0.5, 0.6) is 5.75 Å². The lowest BCUT2D eigenvalue weighted by Gasteiger charge is -2.27. The van der Waals surface area contributed by atoms with Crippen molar-refractivity contribution in [2.75, 3.05) is 0 Å². The van der Waals surface area contributed by atoms with Gasteiger partial charge in [0.25, 0.3) is 5.56 Å². The molecule has 5 nitrogen and oxygen atoms in total. The van der Waals surface area contributed by atoms with Gasteiger partial charge in [0.05, 0.1) is 17.0 Å². The predicted octanol–water partition coefficient (Wildman–Crippen LogP) is 4.05. The highest BCUT2D eigenvalue weighted by Crippen LogP contribution is 2.46. The number of nitrogens with two attached hydrogens (primary N) is 1. The first-order chi connectivity index (χ1) is 12.5. The Morgan fingerprint density at radius 1 is 1.08 bits per heavy atom. The summed E-state index contributed by atoms with van der Waals surface area (Å²) in [5.41, 5.74) is 7.02. The van der Waals surface area contributed by atoms with Crippen molar-refractivity contribution in [1.82, 2.24) is 4.98 Å². The molecule has 0 unspecified atom stereocenters. The quantitative estimate of drug-likeness (QED) is 0.662. The van der Waals surface area contributed by atoms with Crippen LogP contribution in [0.25, 0.3) is 10.9 Å². The summed E-state index contributed by atoms with van der Waals surface area (Å²) in [7, 11) is 0. The summed E-state index contributed by atoms with van der Waals surface area (Å²) in [5, 5.41) is 11.0. The zero-order chi connectivity index (χ0) is 18.4. The van der Waals surface area contributed by atoms with Crippen molar-refractivity contribution in [3.05, 3.63) is 85.4 Å². The van der Waals surface area contributed by atoms with Crippen LogP contribution in [-0.4, -0.2) is 4.98 Å². The van der Waals surface area contributed by atoms with E-state index < -0.39 is 5.92 Å². The van der Waals surface area contributed by atoms with Crippen LogP contribution in [0, 0.1) is 11.3 Å². The standard InChI is InChI=1S/C19H11Cl2N3O2/c20-11-5-3-6-12(21)15(11)14-10(8-22)18(23)26-17-9-4-1-2-7-13(9)24-19(25)16(14)17/h1-7,14H,23H2,(H,24,25)/t14-/m0/s1. The molecule has 128 valence electrons. The van der Waals surface area contributed by atoms with Crippen molar-refractivity contribution < 1.29 is 4.74 Å². The zero-order valence-electron chi connectivity index (χ0n) is 13.2. The van der Waals surface area contributed by atoms with Crippen molar-refractivity contribution in [3.8, 4) is 11.8 Å². The van der Waals surface area contributed by atoms with E-state index >= 15 is 0 Å². The minimum atomic E-state index is -0.821. The summed E-state index contributed by atoms with van der Waals surface area (Å²) in [6, 6.07) is 14.2. The van der Waals surface area contributed by atoms with E-state index in [0.29, 0.717) is 32.3 Å². The number of rotatable bonds is 1. The first-order valence-corrected chi connectivity index (χ1v) is 8.45. The van der Waals surface area contributed by atoms with Gasteiger partial charge in [-0.2, -0.15) is 5.26 Å². The number of aromatic amines is 1. The summed E-state index contributed by atoms with van der Waals surface area (Å²) < 4.78 is 5.69. The van der Waals surface area contributed by atoms with E-state index in [9.17, 15) is 10.1 Å². The molecule has 1 aliphatic rings. The average Bonchev–Trinajstić information content (AvgIpc) is 2.61. The number of aromatic nitrogens is 1. The summed E-state index contributed by atoms with van der Waals surface area (Å²) in [6.07, 6.45) is 0. The number of hydrogen-bond acceptors (Lipinski definition) is 4. The molecular weight excluding hydrogens is 373 g/mol. The largest absolute Gasteiger partial charge is 0.439 e. The number of allylic oxidation sites excluding steroid dienone is 1. The van der Waals surface area contributed by atoms with E-state index in [0.717, 1.165) is 0 Å². The first-order valence-electron chi connectivity index (χ1n) is 7.69. The smallest absolute Gasteiger partial charge is 0.256 e. The van der Waals surface area contributed by atoms with E-state index in [4.69, 9.17) is 33.7 Å². The number of nitrogens with one attached hydrogen (secondary N) is 1. The molecule has 2 aromatic carbocycles. The minimum absolute atomic E-state index is 0.0725. The van der Waals surface area contributed by atoms with Crippen LogP contribution >= 0.6 is 23.2 Å². The molecule has 3 N–H and O–H groups in total. The Labute approximate surface area is 158 Å². The fraction of sp³-hybridized carbons (Fsp3) is 0.0526. The van der Waals surface area contributed by atoms with Gasteiger partial charge in [-0.15, -0.1) is 0 Å². The second-order valence-corrected chi connectivity index (χ2v) is 6.62. The molecule has 0 amide bonds. The Morgan fingerprint density at radius 3 is 2.46 bits per heavy atom. The van der Waals surface area contributed by atoms with Crippen LogP contribution in [0.1, 0.15) is 17.0 Å². The number of fused-ring (bicyclic) bond motifs is 3. The number of pyridine rings is 1. The topological polar surface area (TPSA) is 91.9 Å². The molecule has 0 bridgehead atoms. The molecule has 7 heteroatoms. The third kappa shape index (κ3) is 2.35. The Hall–Kier alpha value is -2.94. The fourth-order valence-electron chi connectivity index (χ4n) is 3.25. The van der Waals surface area contributed by atoms with Crippen LogP contribution in [0.2, 0.25) is 10.0 Å². The Morgan fingerprint density at radius 2 is 1.77 bits per heavy atom. The van der Waals surface area contributed by atoms with Gasteiger partial charge < -0.3 is 15.5 Å².